The lowest BCUT2D eigenvalue weighted by atomic mass is 9.50. The van der Waals surface area contributed by atoms with Crippen LogP contribution in [0.5, 0.6) is 0 Å². The zero-order valence-corrected chi connectivity index (χ0v) is 11.8. The van der Waals surface area contributed by atoms with Gasteiger partial charge in [0.05, 0.1) is 11.9 Å². The fraction of sp³-hybridized carbons (Fsp3) is 0.706. The van der Waals surface area contributed by atoms with Crippen LogP contribution in [0, 0.1) is 17.8 Å². The highest BCUT2D eigenvalue weighted by atomic mass is 16.3. The van der Waals surface area contributed by atoms with Gasteiger partial charge in [0.25, 0.3) is 0 Å². The Bertz CT molecular complexity index is 506. The van der Waals surface area contributed by atoms with Crippen molar-refractivity contribution in [2.75, 3.05) is 0 Å². The lowest BCUT2D eigenvalue weighted by Crippen LogP contribution is -2.60. The zero-order chi connectivity index (χ0) is 13.7. The highest BCUT2D eigenvalue weighted by Gasteiger charge is 2.60. The molecule has 5 atom stereocenters. The third kappa shape index (κ3) is 1.59. The highest BCUT2D eigenvalue weighted by Crippen LogP contribution is 2.58. The first-order valence-electron chi connectivity index (χ1n) is 8.01. The third-order valence-electron chi connectivity index (χ3n) is 6.04. The Morgan fingerprint density at radius 2 is 2.10 bits per heavy atom. The van der Waals surface area contributed by atoms with Crippen LogP contribution >= 0.6 is 0 Å². The molecule has 3 saturated carbocycles. The molecule has 0 spiro atoms. The molecular weight excluding hydrogens is 252 g/mol. The number of carbonyl (C=O) groups excluding carboxylic acids is 1. The average molecular weight is 274 g/mol. The quantitative estimate of drug-likeness (QED) is 0.855. The predicted octanol–water partition coefficient (Wildman–Crippen LogP) is 3.28. The van der Waals surface area contributed by atoms with Gasteiger partial charge in [-0.1, -0.05) is 19.3 Å². The van der Waals surface area contributed by atoms with E-state index in [4.69, 9.17) is 4.42 Å². The largest absolute Gasteiger partial charge is 0.469 e. The molecule has 0 saturated heterocycles. The molecule has 4 rings (SSSR count). The second-order valence-electron chi connectivity index (χ2n) is 6.88. The van der Waals surface area contributed by atoms with Crippen molar-refractivity contribution in [3.05, 3.63) is 24.2 Å². The molecule has 3 heteroatoms. The minimum Gasteiger partial charge on any atom is -0.469 e. The number of aliphatic hydroxyl groups is 1. The van der Waals surface area contributed by atoms with Crippen LogP contribution in [0.1, 0.15) is 56.6 Å². The molecule has 0 radical (unpaired) electrons. The molecule has 0 aromatic carbocycles. The van der Waals surface area contributed by atoms with Gasteiger partial charge in [-0.2, -0.15) is 0 Å². The standard InChI is InChI=1S/C17H22O3/c18-16-11-5-3-7-13(16)17(19)9-2-1-6-12(17)15(11)14-8-4-10-20-14/h4,8,10-13,15,19H,1-3,5-7,9H2/t11-,12+,13-,15-,17-/m0/s1. The average Bonchev–Trinajstić information content (AvgIpc) is 2.95. The van der Waals surface area contributed by atoms with Gasteiger partial charge in [0.15, 0.2) is 0 Å². The Labute approximate surface area is 119 Å². The summed E-state index contributed by atoms with van der Waals surface area (Å²) in [5.74, 6) is 1.48. The normalized spacial score (nSPS) is 44.1. The van der Waals surface area contributed by atoms with Crippen molar-refractivity contribution in [1.29, 1.82) is 0 Å². The van der Waals surface area contributed by atoms with Crippen LogP contribution in [0.3, 0.4) is 0 Å². The van der Waals surface area contributed by atoms with Crippen molar-refractivity contribution in [3.63, 3.8) is 0 Å². The zero-order valence-electron chi connectivity index (χ0n) is 11.8. The summed E-state index contributed by atoms with van der Waals surface area (Å²) in [7, 11) is 0. The molecule has 1 aromatic heterocycles. The molecule has 1 N–H and O–H groups in total. The van der Waals surface area contributed by atoms with Crippen LogP contribution in [0.4, 0.5) is 0 Å². The molecule has 3 aliphatic carbocycles. The van der Waals surface area contributed by atoms with Crippen LogP contribution in [-0.2, 0) is 4.79 Å². The van der Waals surface area contributed by atoms with E-state index in [9.17, 15) is 9.90 Å². The van der Waals surface area contributed by atoms with E-state index in [1.807, 2.05) is 12.1 Å². The molecular formula is C17H22O3. The van der Waals surface area contributed by atoms with Crippen molar-refractivity contribution >= 4 is 5.78 Å². The summed E-state index contributed by atoms with van der Waals surface area (Å²) in [6.45, 7) is 0. The van der Waals surface area contributed by atoms with Crippen molar-refractivity contribution in [2.45, 2.75) is 56.5 Å². The Morgan fingerprint density at radius 1 is 1.20 bits per heavy atom. The SMILES string of the molecule is O=C1[C@H]2CCC[C@@H]1[C@]1(O)CCCC[C@@H]1[C@H]2c1ccco1. The number of fused-ring (bicyclic) bond motifs is 4. The molecule has 0 amide bonds. The van der Waals surface area contributed by atoms with Crippen molar-refractivity contribution in [1.82, 2.24) is 0 Å². The first kappa shape index (κ1) is 12.6. The summed E-state index contributed by atoms with van der Waals surface area (Å²) in [4.78, 5) is 12.8. The van der Waals surface area contributed by atoms with Crippen molar-refractivity contribution in [3.8, 4) is 0 Å². The molecule has 0 aliphatic heterocycles. The number of furan rings is 1. The van der Waals surface area contributed by atoms with E-state index < -0.39 is 5.60 Å². The van der Waals surface area contributed by atoms with Gasteiger partial charge < -0.3 is 9.52 Å². The fourth-order valence-corrected chi connectivity index (χ4v) is 5.23. The van der Waals surface area contributed by atoms with Crippen molar-refractivity contribution < 1.29 is 14.3 Å². The molecule has 3 nitrogen and oxygen atoms in total. The number of carbonyl (C=O) groups is 1. The molecule has 1 aromatic rings. The van der Waals surface area contributed by atoms with E-state index in [1.165, 1.54) is 0 Å². The summed E-state index contributed by atoms with van der Waals surface area (Å²) < 4.78 is 5.64. The molecule has 2 bridgehead atoms. The first-order chi connectivity index (χ1) is 9.72. The van der Waals surface area contributed by atoms with Crippen LogP contribution < -0.4 is 0 Å². The Kier molecular flexibility index (Phi) is 2.81. The Hall–Kier alpha value is -1.09. The summed E-state index contributed by atoms with van der Waals surface area (Å²) in [5, 5.41) is 11.3. The topological polar surface area (TPSA) is 50.4 Å². The minimum absolute atomic E-state index is 0.0725. The van der Waals surface area contributed by atoms with E-state index in [-0.39, 0.29) is 23.7 Å². The minimum atomic E-state index is -0.774. The Morgan fingerprint density at radius 3 is 2.90 bits per heavy atom. The molecule has 3 aliphatic rings. The molecule has 0 unspecified atom stereocenters. The first-order valence-corrected chi connectivity index (χ1v) is 8.01. The van der Waals surface area contributed by atoms with Crippen LogP contribution in [0.15, 0.2) is 22.8 Å². The maximum Gasteiger partial charge on any atom is 0.142 e. The van der Waals surface area contributed by atoms with Gasteiger partial charge in [-0.25, -0.2) is 0 Å². The van der Waals surface area contributed by atoms with Crippen LogP contribution in [-0.4, -0.2) is 16.5 Å². The van der Waals surface area contributed by atoms with Gasteiger partial charge in [0, 0.05) is 17.8 Å². The highest BCUT2D eigenvalue weighted by molar-refractivity contribution is 5.87. The van der Waals surface area contributed by atoms with E-state index >= 15 is 0 Å². The summed E-state index contributed by atoms with van der Waals surface area (Å²) >= 11 is 0. The van der Waals surface area contributed by atoms with Crippen molar-refractivity contribution in [2.24, 2.45) is 17.8 Å². The van der Waals surface area contributed by atoms with E-state index in [1.54, 1.807) is 6.26 Å². The molecule has 1 heterocycles. The lowest BCUT2D eigenvalue weighted by Gasteiger charge is -2.55. The van der Waals surface area contributed by atoms with Gasteiger partial charge in [-0.3, -0.25) is 4.79 Å². The summed E-state index contributed by atoms with van der Waals surface area (Å²) in [5.41, 5.74) is -0.774. The fourth-order valence-electron chi connectivity index (χ4n) is 5.23. The van der Waals surface area contributed by atoms with Gasteiger partial charge in [-0.15, -0.1) is 0 Å². The summed E-state index contributed by atoms with van der Waals surface area (Å²) in [6.07, 6.45) is 8.63. The summed E-state index contributed by atoms with van der Waals surface area (Å²) in [6, 6.07) is 3.89. The van der Waals surface area contributed by atoms with Gasteiger partial charge >= 0.3 is 0 Å². The number of Topliss-reactive ketones (excluding diaryl/α,β-unsaturated/α-hetero) is 1. The van der Waals surface area contributed by atoms with Crippen LogP contribution in [0.2, 0.25) is 0 Å². The van der Waals surface area contributed by atoms with Gasteiger partial charge in [-0.05, 0) is 43.7 Å². The number of ketones is 1. The maximum atomic E-state index is 12.8. The van der Waals surface area contributed by atoms with E-state index in [2.05, 4.69) is 0 Å². The Balaban J connectivity index is 1.82. The number of hydrogen-bond acceptors (Lipinski definition) is 3. The predicted molar refractivity (Wildman–Crippen MR) is 74.2 cm³/mol. The lowest BCUT2D eigenvalue weighted by molar-refractivity contribution is -0.174. The monoisotopic (exact) mass is 274 g/mol. The second-order valence-corrected chi connectivity index (χ2v) is 6.88. The van der Waals surface area contributed by atoms with Gasteiger partial charge in [0.1, 0.15) is 11.5 Å². The second kappa shape index (κ2) is 4.45. The van der Waals surface area contributed by atoms with E-state index in [0.717, 1.165) is 50.7 Å². The molecule has 108 valence electrons. The molecule has 20 heavy (non-hydrogen) atoms. The van der Waals surface area contributed by atoms with Crippen LogP contribution in [0.25, 0.3) is 0 Å². The van der Waals surface area contributed by atoms with Gasteiger partial charge in [0.2, 0.25) is 0 Å². The third-order valence-corrected chi connectivity index (χ3v) is 6.04. The smallest absolute Gasteiger partial charge is 0.142 e. The van der Waals surface area contributed by atoms with E-state index in [0.29, 0.717) is 5.78 Å². The number of rotatable bonds is 1. The maximum absolute atomic E-state index is 12.8. The number of hydrogen-bond donors (Lipinski definition) is 1. The molecule has 3 fully saturated rings.